The van der Waals surface area contributed by atoms with E-state index >= 15 is 0 Å². The Kier molecular flexibility index (Phi) is 43.2. The molecule has 0 saturated carbocycles. The van der Waals surface area contributed by atoms with Crippen LogP contribution < -0.4 is 5.32 Å². The van der Waals surface area contributed by atoms with Gasteiger partial charge in [0.1, 0.15) is 6.10 Å². The number of ether oxygens (including phenoxy) is 1. The zero-order chi connectivity index (χ0) is 41.7. The zero-order valence-electron chi connectivity index (χ0n) is 37.7. The third kappa shape index (κ3) is 40.4. The van der Waals surface area contributed by atoms with Crippen molar-refractivity contribution in [1.82, 2.24) is 5.32 Å². The molecule has 6 nitrogen and oxygen atoms in total. The van der Waals surface area contributed by atoms with Gasteiger partial charge in [-0.25, -0.2) is 0 Å². The first kappa shape index (κ1) is 54.8. The molecule has 0 bridgehead atoms. The first-order chi connectivity index (χ1) is 28.0. The van der Waals surface area contributed by atoms with E-state index in [1.165, 1.54) is 109 Å². The van der Waals surface area contributed by atoms with E-state index in [1.54, 1.807) is 0 Å². The van der Waals surface area contributed by atoms with E-state index < -0.39 is 18.2 Å². The van der Waals surface area contributed by atoms with Gasteiger partial charge in [0.25, 0.3) is 0 Å². The number of hydrogen-bond donors (Lipinski definition) is 3. The molecule has 0 aliphatic heterocycles. The van der Waals surface area contributed by atoms with Crippen molar-refractivity contribution in [3.63, 3.8) is 0 Å². The second kappa shape index (κ2) is 44.9. The summed E-state index contributed by atoms with van der Waals surface area (Å²) >= 11 is 0. The summed E-state index contributed by atoms with van der Waals surface area (Å²) in [5.41, 5.74) is 0. The lowest BCUT2D eigenvalue weighted by Gasteiger charge is -2.24. The Morgan fingerprint density at radius 3 is 1.42 bits per heavy atom. The van der Waals surface area contributed by atoms with Crippen molar-refractivity contribution in [1.29, 1.82) is 0 Å². The summed E-state index contributed by atoms with van der Waals surface area (Å²) in [5.74, 6) is -0.506. The van der Waals surface area contributed by atoms with Gasteiger partial charge >= 0.3 is 5.97 Å². The Bertz CT molecular complexity index is 988. The number of esters is 1. The van der Waals surface area contributed by atoms with Crippen LogP contribution in [0.1, 0.15) is 239 Å². The summed E-state index contributed by atoms with van der Waals surface area (Å²) < 4.78 is 5.91. The molecule has 0 fully saturated rings. The van der Waals surface area contributed by atoms with Crippen LogP contribution in [0.4, 0.5) is 0 Å². The third-order valence-electron chi connectivity index (χ3n) is 10.9. The van der Waals surface area contributed by atoms with Crippen molar-refractivity contribution < 1.29 is 24.5 Å². The van der Waals surface area contributed by atoms with Crippen molar-refractivity contribution >= 4 is 11.9 Å². The Morgan fingerprint density at radius 1 is 0.526 bits per heavy atom. The van der Waals surface area contributed by atoms with Crippen molar-refractivity contribution in [2.45, 2.75) is 257 Å². The number of amides is 1. The molecule has 0 aromatic carbocycles. The van der Waals surface area contributed by atoms with Gasteiger partial charge in [-0.15, -0.1) is 0 Å². The molecule has 0 saturated heterocycles. The summed E-state index contributed by atoms with van der Waals surface area (Å²) in [6.45, 7) is 6.35. The van der Waals surface area contributed by atoms with Crippen LogP contribution in [0.25, 0.3) is 0 Å². The fourth-order valence-electron chi connectivity index (χ4n) is 7.24. The van der Waals surface area contributed by atoms with Crippen LogP contribution >= 0.6 is 0 Å². The second-order valence-corrected chi connectivity index (χ2v) is 16.5. The summed E-state index contributed by atoms with van der Waals surface area (Å²) in [5, 5.41) is 23.7. The molecule has 0 aliphatic carbocycles. The molecular weight excluding hydrogens is 707 g/mol. The van der Waals surface area contributed by atoms with Gasteiger partial charge in [0.05, 0.1) is 25.2 Å². The number of allylic oxidation sites excluding steroid dienone is 8. The number of nitrogens with one attached hydrogen (secondary N) is 1. The molecule has 3 unspecified atom stereocenters. The maximum absolute atomic E-state index is 13.1. The predicted molar refractivity (Wildman–Crippen MR) is 245 cm³/mol. The second-order valence-electron chi connectivity index (χ2n) is 16.5. The Hall–Kier alpha value is -2.18. The lowest BCUT2D eigenvalue weighted by atomic mass is 10.0. The molecule has 0 aromatic heterocycles. The summed E-state index contributed by atoms with van der Waals surface area (Å²) in [7, 11) is 0. The van der Waals surface area contributed by atoms with Crippen LogP contribution in [0, 0.1) is 0 Å². The monoisotopic (exact) mass is 800 g/mol. The molecule has 0 rings (SSSR count). The predicted octanol–water partition coefficient (Wildman–Crippen LogP) is 14.3. The summed E-state index contributed by atoms with van der Waals surface area (Å²) in [6.07, 6.45) is 53.1. The molecule has 0 aromatic rings. The Labute approximate surface area is 353 Å². The van der Waals surface area contributed by atoms with E-state index in [-0.39, 0.29) is 24.9 Å². The first-order valence-corrected chi connectivity index (χ1v) is 24.4. The average Bonchev–Trinajstić information content (AvgIpc) is 3.20. The van der Waals surface area contributed by atoms with E-state index in [9.17, 15) is 19.8 Å². The minimum Gasteiger partial charge on any atom is -0.462 e. The van der Waals surface area contributed by atoms with Gasteiger partial charge < -0.3 is 20.3 Å². The number of hydrogen-bond acceptors (Lipinski definition) is 5. The van der Waals surface area contributed by atoms with E-state index in [1.807, 2.05) is 0 Å². The zero-order valence-corrected chi connectivity index (χ0v) is 37.7. The molecule has 0 spiro atoms. The van der Waals surface area contributed by atoms with Crippen molar-refractivity contribution in [2.75, 3.05) is 6.61 Å². The van der Waals surface area contributed by atoms with E-state index in [2.05, 4.69) is 74.7 Å². The van der Waals surface area contributed by atoms with Crippen molar-refractivity contribution in [3.8, 4) is 0 Å². The number of aliphatic hydroxyl groups excluding tert-OH is 2. The Balaban J connectivity index is 4.62. The molecule has 57 heavy (non-hydrogen) atoms. The van der Waals surface area contributed by atoms with Gasteiger partial charge in [-0.1, -0.05) is 211 Å². The first-order valence-electron chi connectivity index (χ1n) is 24.4. The lowest BCUT2D eigenvalue weighted by Crippen LogP contribution is -2.46. The van der Waals surface area contributed by atoms with Crippen LogP contribution in [0.15, 0.2) is 48.6 Å². The highest BCUT2D eigenvalue weighted by molar-refractivity contribution is 5.77. The smallest absolute Gasteiger partial charge is 0.306 e. The third-order valence-corrected chi connectivity index (χ3v) is 10.9. The number of rotatable bonds is 43. The standard InChI is InChI=1S/C51H93NO5/c1-4-7-10-13-16-19-22-24-25-26-27-29-32-35-38-41-44-51(56)57-47(42-39-36-33-30-28-23-20-17-14-11-8-5-2)45-50(55)52-48(46-53)49(54)43-40-37-34-31-21-18-15-12-9-6-3/h7,10,16,19,24-25,27,29,47-49,53-54H,4-6,8-9,11-15,17-18,20-23,26,28,30-46H2,1-3H3,(H,52,55)/b10-7+,19-16+,25-24+,29-27+. The molecule has 3 N–H and O–H groups in total. The number of carbonyl (C=O) groups excluding carboxylic acids is 2. The van der Waals surface area contributed by atoms with E-state index in [0.29, 0.717) is 19.3 Å². The summed E-state index contributed by atoms with van der Waals surface area (Å²) in [4.78, 5) is 26.0. The quantitative estimate of drug-likeness (QED) is 0.0324. The average molecular weight is 800 g/mol. The lowest BCUT2D eigenvalue weighted by molar-refractivity contribution is -0.151. The molecule has 0 heterocycles. The topological polar surface area (TPSA) is 95.9 Å². The van der Waals surface area contributed by atoms with Crippen molar-refractivity contribution in [3.05, 3.63) is 48.6 Å². The highest BCUT2D eigenvalue weighted by atomic mass is 16.5. The van der Waals surface area contributed by atoms with Gasteiger partial charge in [0.2, 0.25) is 5.91 Å². The van der Waals surface area contributed by atoms with Crippen LogP contribution in [0.3, 0.4) is 0 Å². The maximum Gasteiger partial charge on any atom is 0.306 e. The van der Waals surface area contributed by atoms with Gasteiger partial charge in [-0.3, -0.25) is 9.59 Å². The molecule has 332 valence electrons. The number of unbranched alkanes of at least 4 members (excludes halogenated alkanes) is 23. The molecule has 0 aliphatic rings. The molecule has 1 amide bonds. The number of aliphatic hydroxyl groups is 2. The van der Waals surface area contributed by atoms with Crippen molar-refractivity contribution in [2.24, 2.45) is 0 Å². The van der Waals surface area contributed by atoms with Crippen LogP contribution in [-0.2, 0) is 14.3 Å². The minimum atomic E-state index is -0.790. The molecular formula is C51H93NO5. The minimum absolute atomic E-state index is 0.0665. The van der Waals surface area contributed by atoms with Crippen LogP contribution in [-0.4, -0.2) is 46.9 Å². The Morgan fingerprint density at radius 2 is 0.947 bits per heavy atom. The molecule has 0 radical (unpaired) electrons. The van der Waals surface area contributed by atoms with Gasteiger partial charge in [0.15, 0.2) is 0 Å². The fourth-order valence-corrected chi connectivity index (χ4v) is 7.24. The van der Waals surface area contributed by atoms with E-state index in [4.69, 9.17) is 4.74 Å². The summed E-state index contributed by atoms with van der Waals surface area (Å²) in [6, 6.07) is -0.704. The molecule has 3 atom stereocenters. The highest BCUT2D eigenvalue weighted by Crippen LogP contribution is 2.18. The van der Waals surface area contributed by atoms with Crippen LogP contribution in [0.5, 0.6) is 0 Å². The number of carbonyl (C=O) groups is 2. The van der Waals surface area contributed by atoms with Gasteiger partial charge in [0, 0.05) is 6.42 Å². The maximum atomic E-state index is 13.1. The molecule has 6 heteroatoms. The highest BCUT2D eigenvalue weighted by Gasteiger charge is 2.24. The largest absolute Gasteiger partial charge is 0.462 e. The van der Waals surface area contributed by atoms with Crippen LogP contribution in [0.2, 0.25) is 0 Å². The SMILES string of the molecule is CC/C=C/C/C=C/C/C=C/C/C=C/CCCCCC(=O)OC(CCCCCCCCCCCCCC)CC(=O)NC(CO)C(O)CCCCCCCCCCCC. The van der Waals surface area contributed by atoms with Gasteiger partial charge in [-0.2, -0.15) is 0 Å². The van der Waals surface area contributed by atoms with Gasteiger partial charge in [-0.05, 0) is 64.2 Å². The van der Waals surface area contributed by atoms with E-state index in [0.717, 1.165) is 83.5 Å². The fraction of sp³-hybridized carbons (Fsp3) is 0.804. The normalized spacial score (nSPS) is 13.7.